The topological polar surface area (TPSA) is 130 Å². The Morgan fingerprint density at radius 3 is 2.48 bits per heavy atom. The van der Waals surface area contributed by atoms with Crippen LogP contribution in [0.5, 0.6) is 0 Å². The van der Waals surface area contributed by atoms with E-state index < -0.39 is 23.9 Å². The highest BCUT2D eigenvalue weighted by molar-refractivity contribution is 5.98. The van der Waals surface area contributed by atoms with Gasteiger partial charge in [-0.2, -0.15) is 18.3 Å². The molecule has 2 heterocycles. The summed E-state index contributed by atoms with van der Waals surface area (Å²) in [5, 5.41) is 23.0. The molecule has 1 amide bonds. The maximum Gasteiger partial charge on any atom is 0.420 e. The van der Waals surface area contributed by atoms with Crippen LogP contribution in [0, 0.1) is 11.8 Å². The smallest absolute Gasteiger partial charge is 0.378 e. The van der Waals surface area contributed by atoms with E-state index in [0.29, 0.717) is 5.69 Å². The Bertz CT molecular complexity index is 842. The van der Waals surface area contributed by atoms with Crippen molar-refractivity contribution in [1.82, 2.24) is 14.8 Å². The molecule has 3 rings (SSSR count). The molecule has 29 heavy (non-hydrogen) atoms. The van der Waals surface area contributed by atoms with Gasteiger partial charge in [-0.3, -0.25) is 14.5 Å². The molecule has 1 fully saturated rings. The second-order valence-corrected chi connectivity index (χ2v) is 6.57. The number of amides is 1. The highest BCUT2D eigenvalue weighted by Crippen LogP contribution is 2.32. The standard InChI is InChI=1S/C17H20F3N5O2.CHN/c18-17(19,20)14(26)13-7-6-10(8-22-13)23-16-12(15(21)27)9-25(24-16)11-4-2-1-3-5-11;1-2/h6-9,11,14,26H,1-5H2,(H2,21,27)(H,23,24);1H. The lowest BCUT2D eigenvalue weighted by Crippen LogP contribution is -2.21. The molecule has 1 atom stereocenters. The first kappa shape index (κ1) is 22.2. The summed E-state index contributed by atoms with van der Waals surface area (Å²) in [5.41, 5.74) is 5.42. The summed E-state index contributed by atoms with van der Waals surface area (Å²) in [6, 6.07) is 2.57. The van der Waals surface area contributed by atoms with E-state index >= 15 is 0 Å². The molecule has 1 saturated carbocycles. The molecule has 8 nitrogen and oxygen atoms in total. The van der Waals surface area contributed by atoms with Gasteiger partial charge in [0.1, 0.15) is 5.56 Å². The van der Waals surface area contributed by atoms with Gasteiger partial charge >= 0.3 is 6.18 Å². The average Bonchev–Trinajstić information content (AvgIpc) is 3.14. The number of anilines is 2. The molecule has 156 valence electrons. The van der Waals surface area contributed by atoms with E-state index in [1.54, 1.807) is 10.9 Å². The van der Waals surface area contributed by atoms with Gasteiger partial charge in [-0.1, -0.05) is 19.3 Å². The van der Waals surface area contributed by atoms with Crippen molar-refractivity contribution in [1.29, 1.82) is 5.26 Å². The first-order chi connectivity index (χ1) is 13.8. The quantitative estimate of drug-likeness (QED) is 0.693. The van der Waals surface area contributed by atoms with Crippen LogP contribution in [0.3, 0.4) is 0 Å². The van der Waals surface area contributed by atoms with Crippen molar-refractivity contribution in [3.05, 3.63) is 35.8 Å². The van der Waals surface area contributed by atoms with Crippen molar-refractivity contribution in [3.63, 3.8) is 0 Å². The van der Waals surface area contributed by atoms with Crippen LogP contribution in [-0.2, 0) is 0 Å². The zero-order valence-corrected chi connectivity index (χ0v) is 15.4. The normalized spacial score (nSPS) is 15.8. The molecular formula is C18H21F3N6O2. The van der Waals surface area contributed by atoms with Gasteiger partial charge in [-0.15, -0.1) is 0 Å². The summed E-state index contributed by atoms with van der Waals surface area (Å²) in [6.07, 6.45) is 0.560. The minimum atomic E-state index is -4.79. The predicted molar refractivity (Wildman–Crippen MR) is 98.1 cm³/mol. The number of aliphatic hydroxyl groups excluding tert-OH is 1. The number of halogens is 3. The van der Waals surface area contributed by atoms with Gasteiger partial charge in [0.15, 0.2) is 11.9 Å². The number of primary amides is 1. The number of pyridine rings is 1. The lowest BCUT2D eigenvalue weighted by atomic mass is 9.96. The van der Waals surface area contributed by atoms with Crippen LogP contribution in [0.4, 0.5) is 24.7 Å². The summed E-state index contributed by atoms with van der Waals surface area (Å²) < 4.78 is 39.3. The first-order valence-corrected chi connectivity index (χ1v) is 8.88. The minimum absolute atomic E-state index is 0.190. The van der Waals surface area contributed by atoms with E-state index in [9.17, 15) is 23.1 Å². The lowest BCUT2D eigenvalue weighted by molar-refractivity contribution is -0.207. The van der Waals surface area contributed by atoms with Crippen LogP contribution in [-0.4, -0.2) is 32.0 Å². The van der Waals surface area contributed by atoms with E-state index in [-0.39, 0.29) is 17.4 Å². The summed E-state index contributed by atoms with van der Waals surface area (Å²) in [7, 11) is 0. The van der Waals surface area contributed by atoms with Gasteiger partial charge in [0.05, 0.1) is 23.6 Å². The Labute approximate surface area is 165 Å². The number of hydrogen-bond donors (Lipinski definition) is 3. The number of carbonyl (C=O) groups excluding carboxylic acids is 1. The largest absolute Gasteiger partial charge is 0.420 e. The average molecular weight is 410 g/mol. The van der Waals surface area contributed by atoms with Crippen molar-refractivity contribution in [2.45, 2.75) is 50.4 Å². The molecule has 1 unspecified atom stereocenters. The molecule has 0 saturated heterocycles. The third kappa shape index (κ3) is 5.45. The maximum atomic E-state index is 12.5. The van der Waals surface area contributed by atoms with Crippen LogP contribution in [0.2, 0.25) is 0 Å². The third-order valence-electron chi connectivity index (χ3n) is 4.59. The van der Waals surface area contributed by atoms with Crippen molar-refractivity contribution < 1.29 is 23.1 Å². The molecule has 2 aromatic rings. The van der Waals surface area contributed by atoms with Crippen molar-refractivity contribution in [2.24, 2.45) is 5.73 Å². The molecule has 0 spiro atoms. The summed E-state index contributed by atoms with van der Waals surface area (Å²) in [4.78, 5) is 15.3. The van der Waals surface area contributed by atoms with Crippen molar-refractivity contribution in [3.8, 4) is 6.57 Å². The maximum absolute atomic E-state index is 12.5. The summed E-state index contributed by atoms with van der Waals surface area (Å²) in [5.74, 6) is -0.435. The highest BCUT2D eigenvalue weighted by Gasteiger charge is 2.40. The van der Waals surface area contributed by atoms with Gasteiger partial charge in [0.2, 0.25) is 0 Å². The molecule has 0 radical (unpaired) electrons. The molecule has 0 aromatic carbocycles. The lowest BCUT2D eigenvalue weighted by Gasteiger charge is -2.21. The van der Waals surface area contributed by atoms with Crippen LogP contribution in [0.15, 0.2) is 24.5 Å². The molecule has 1 aliphatic rings. The Hall–Kier alpha value is -3.13. The second kappa shape index (κ2) is 9.38. The minimum Gasteiger partial charge on any atom is -0.378 e. The van der Waals surface area contributed by atoms with E-state index in [2.05, 4.69) is 22.0 Å². The van der Waals surface area contributed by atoms with Crippen LogP contribution >= 0.6 is 0 Å². The summed E-state index contributed by atoms with van der Waals surface area (Å²) in [6.45, 7) is 3.50. The predicted octanol–water partition coefficient (Wildman–Crippen LogP) is 3.36. The van der Waals surface area contributed by atoms with E-state index in [1.807, 2.05) is 0 Å². The van der Waals surface area contributed by atoms with Gasteiger partial charge < -0.3 is 16.2 Å². The van der Waals surface area contributed by atoms with Crippen LogP contribution in [0.25, 0.3) is 0 Å². The van der Waals surface area contributed by atoms with Crippen molar-refractivity contribution >= 4 is 17.4 Å². The zero-order chi connectivity index (χ0) is 21.6. The molecule has 0 aliphatic heterocycles. The number of carbonyl (C=O) groups is 1. The number of nitrogens with zero attached hydrogens (tertiary/aromatic N) is 4. The third-order valence-corrected chi connectivity index (χ3v) is 4.59. The highest BCUT2D eigenvalue weighted by atomic mass is 19.4. The second-order valence-electron chi connectivity index (χ2n) is 6.57. The molecular weight excluding hydrogens is 389 g/mol. The Morgan fingerprint density at radius 1 is 1.31 bits per heavy atom. The fraction of sp³-hybridized carbons (Fsp3) is 0.444. The molecule has 0 bridgehead atoms. The van der Waals surface area contributed by atoms with Crippen molar-refractivity contribution in [2.75, 3.05) is 5.32 Å². The number of nitrogens with one attached hydrogen (secondary N) is 1. The van der Waals surface area contributed by atoms with Crippen LogP contribution < -0.4 is 11.1 Å². The fourth-order valence-electron chi connectivity index (χ4n) is 3.14. The Balaban J connectivity index is 0.00000145. The van der Waals surface area contributed by atoms with Crippen LogP contribution in [0.1, 0.15) is 60.3 Å². The Kier molecular flexibility index (Phi) is 7.17. The summed E-state index contributed by atoms with van der Waals surface area (Å²) >= 11 is 0. The number of nitriles is 1. The Morgan fingerprint density at radius 2 is 1.97 bits per heavy atom. The van der Waals surface area contributed by atoms with Gasteiger partial charge in [-0.25, -0.2) is 5.26 Å². The van der Waals surface area contributed by atoms with Gasteiger partial charge in [0, 0.05) is 12.8 Å². The number of nitrogens with two attached hydrogens (primary N) is 1. The fourth-order valence-corrected chi connectivity index (χ4v) is 3.14. The number of aromatic nitrogens is 3. The first-order valence-electron chi connectivity index (χ1n) is 8.88. The van der Waals surface area contributed by atoms with E-state index in [4.69, 9.17) is 11.0 Å². The molecule has 1 aliphatic carbocycles. The number of alkyl halides is 3. The number of aliphatic hydroxyl groups is 1. The van der Waals surface area contributed by atoms with Gasteiger partial charge in [0.25, 0.3) is 5.91 Å². The molecule has 2 aromatic heterocycles. The molecule has 11 heteroatoms. The van der Waals surface area contributed by atoms with E-state index in [0.717, 1.165) is 37.9 Å². The SMILES string of the molecule is C#N.NC(=O)c1cn(C2CCCCC2)nc1Nc1ccc(C(O)C(F)(F)F)nc1. The van der Waals surface area contributed by atoms with Gasteiger partial charge in [-0.05, 0) is 25.0 Å². The zero-order valence-electron chi connectivity index (χ0n) is 15.4. The number of hydrogen-bond acceptors (Lipinski definition) is 6. The van der Waals surface area contributed by atoms with E-state index in [1.165, 1.54) is 12.5 Å². The molecule has 4 N–H and O–H groups in total. The number of rotatable bonds is 5. The monoisotopic (exact) mass is 410 g/mol.